The van der Waals surface area contributed by atoms with Crippen LogP contribution in [0.2, 0.25) is 5.02 Å². The molecule has 1 aliphatic heterocycles. The predicted octanol–water partition coefficient (Wildman–Crippen LogP) is 3.67. The fourth-order valence-corrected chi connectivity index (χ4v) is 3.92. The number of benzene rings is 1. The van der Waals surface area contributed by atoms with Crippen LogP contribution in [-0.2, 0) is 4.79 Å². The molecular weight excluding hydrogens is 336 g/mol. The number of nitrogens with one attached hydrogen (secondary N) is 1. The summed E-state index contributed by atoms with van der Waals surface area (Å²) in [7, 11) is 0. The third kappa shape index (κ3) is 4.33. The molecule has 6 heteroatoms. The van der Waals surface area contributed by atoms with Crippen LogP contribution in [0.15, 0.2) is 36.0 Å². The first kappa shape index (κ1) is 19.3. The van der Waals surface area contributed by atoms with E-state index in [1.807, 2.05) is 6.07 Å². The van der Waals surface area contributed by atoms with Gasteiger partial charge in [-0.1, -0.05) is 23.7 Å². The van der Waals surface area contributed by atoms with Gasteiger partial charge in [-0.05, 0) is 52.7 Å². The van der Waals surface area contributed by atoms with E-state index in [0.717, 1.165) is 12.8 Å². The topological polar surface area (TPSA) is 82.2 Å². The number of piperidine rings is 1. The number of hydrogen-bond donors (Lipinski definition) is 2. The van der Waals surface area contributed by atoms with Crippen LogP contribution in [0.5, 0.6) is 0 Å². The highest BCUT2D eigenvalue weighted by atomic mass is 35.5. The smallest absolute Gasteiger partial charge is 0.267 e. The maximum absolute atomic E-state index is 12.5. The molecule has 0 bridgehead atoms. The molecule has 0 aromatic heterocycles. The summed E-state index contributed by atoms with van der Waals surface area (Å²) in [5.74, 6) is -0.475. The average molecular weight is 361 g/mol. The van der Waals surface area contributed by atoms with Crippen molar-refractivity contribution in [3.8, 4) is 6.07 Å². The number of halogens is 1. The summed E-state index contributed by atoms with van der Waals surface area (Å²) in [5.41, 5.74) is 6.19. The zero-order chi connectivity index (χ0) is 18.8. The third-order valence-electron chi connectivity index (χ3n) is 4.57. The molecule has 1 fully saturated rings. The number of carbonyl (C=O) groups excluding carboxylic acids is 1. The van der Waals surface area contributed by atoms with Gasteiger partial charge in [-0.3, -0.25) is 4.79 Å². The molecule has 2 rings (SSSR count). The van der Waals surface area contributed by atoms with E-state index in [9.17, 15) is 10.1 Å². The van der Waals surface area contributed by atoms with E-state index in [0.29, 0.717) is 10.7 Å². The molecule has 0 saturated carbocycles. The van der Waals surface area contributed by atoms with E-state index in [4.69, 9.17) is 17.3 Å². The average Bonchev–Trinajstić information content (AvgIpc) is 2.47. The van der Waals surface area contributed by atoms with Crippen molar-refractivity contribution in [2.45, 2.75) is 57.7 Å². The SMILES string of the molecule is CC1(C)CC(N)CC(C)(C)N1/C=C(/C#N)C(=O)Nc1ccccc1Cl. The van der Waals surface area contributed by atoms with Crippen LogP contribution in [0.25, 0.3) is 0 Å². The minimum absolute atomic E-state index is 0.0385. The van der Waals surface area contributed by atoms with Gasteiger partial charge in [-0.15, -0.1) is 0 Å². The fourth-order valence-electron chi connectivity index (χ4n) is 3.74. The van der Waals surface area contributed by atoms with Crippen LogP contribution in [0.3, 0.4) is 0 Å². The Hall–Kier alpha value is -2.03. The summed E-state index contributed by atoms with van der Waals surface area (Å²) in [6.45, 7) is 8.30. The summed E-state index contributed by atoms with van der Waals surface area (Å²) in [6, 6.07) is 9.04. The van der Waals surface area contributed by atoms with Gasteiger partial charge in [0.25, 0.3) is 5.91 Å². The minimum Gasteiger partial charge on any atom is -0.366 e. The first-order valence-electron chi connectivity index (χ1n) is 8.30. The number of anilines is 1. The van der Waals surface area contributed by atoms with Crippen molar-refractivity contribution in [2.24, 2.45) is 5.73 Å². The van der Waals surface area contributed by atoms with Gasteiger partial charge in [-0.2, -0.15) is 5.26 Å². The Labute approximate surface area is 154 Å². The van der Waals surface area contributed by atoms with Gasteiger partial charge in [-0.25, -0.2) is 0 Å². The summed E-state index contributed by atoms with van der Waals surface area (Å²) < 4.78 is 0. The van der Waals surface area contributed by atoms with Crippen LogP contribution in [-0.4, -0.2) is 27.9 Å². The number of nitrogens with two attached hydrogens (primary N) is 1. The number of nitriles is 1. The van der Waals surface area contributed by atoms with Gasteiger partial charge in [0.05, 0.1) is 10.7 Å². The van der Waals surface area contributed by atoms with Crippen LogP contribution >= 0.6 is 11.6 Å². The van der Waals surface area contributed by atoms with Crippen LogP contribution in [0, 0.1) is 11.3 Å². The molecule has 0 unspecified atom stereocenters. The summed E-state index contributed by atoms with van der Waals surface area (Å²) in [5, 5.41) is 12.6. The second-order valence-corrected chi connectivity index (χ2v) is 8.16. The molecule has 0 radical (unpaired) electrons. The number of rotatable bonds is 3. The second-order valence-electron chi connectivity index (χ2n) is 7.75. The van der Waals surface area contributed by atoms with Gasteiger partial charge in [0.1, 0.15) is 11.6 Å². The molecule has 134 valence electrons. The van der Waals surface area contributed by atoms with Gasteiger partial charge in [0.15, 0.2) is 0 Å². The number of nitrogens with zero attached hydrogens (tertiary/aromatic N) is 2. The highest BCUT2D eigenvalue weighted by Gasteiger charge is 2.43. The zero-order valence-corrected chi connectivity index (χ0v) is 15.9. The molecule has 25 heavy (non-hydrogen) atoms. The molecule has 1 aliphatic rings. The first-order chi connectivity index (χ1) is 11.6. The standard InChI is InChI=1S/C19H25ClN4O/c1-18(2)9-14(22)10-19(3,4)24(18)12-13(11-21)17(25)23-16-8-6-5-7-15(16)20/h5-8,12,14H,9-10,22H2,1-4H3,(H,23,25)/b13-12-. The van der Waals surface area contributed by atoms with Gasteiger partial charge in [0, 0.05) is 23.3 Å². The van der Waals surface area contributed by atoms with Gasteiger partial charge < -0.3 is 16.0 Å². The Morgan fingerprint density at radius 1 is 1.32 bits per heavy atom. The van der Waals surface area contributed by atoms with Crippen molar-refractivity contribution in [2.75, 3.05) is 5.32 Å². The molecular formula is C19H25ClN4O. The quantitative estimate of drug-likeness (QED) is 0.636. The number of para-hydroxylation sites is 1. The predicted molar refractivity (Wildman–Crippen MR) is 101 cm³/mol. The van der Waals surface area contributed by atoms with Crippen LogP contribution in [0.1, 0.15) is 40.5 Å². The van der Waals surface area contributed by atoms with Gasteiger partial charge in [0.2, 0.25) is 0 Å². The highest BCUT2D eigenvalue weighted by Crippen LogP contribution is 2.38. The maximum atomic E-state index is 12.5. The Morgan fingerprint density at radius 3 is 2.40 bits per heavy atom. The highest BCUT2D eigenvalue weighted by molar-refractivity contribution is 6.33. The largest absolute Gasteiger partial charge is 0.366 e. The molecule has 1 aromatic rings. The Morgan fingerprint density at radius 2 is 1.88 bits per heavy atom. The molecule has 1 aromatic carbocycles. The summed E-state index contributed by atoms with van der Waals surface area (Å²) in [6.07, 6.45) is 3.23. The van der Waals surface area contributed by atoms with Crippen LogP contribution < -0.4 is 11.1 Å². The van der Waals surface area contributed by atoms with Crippen molar-refractivity contribution in [1.82, 2.24) is 4.90 Å². The maximum Gasteiger partial charge on any atom is 0.267 e. The van der Waals surface area contributed by atoms with Crippen molar-refractivity contribution in [3.63, 3.8) is 0 Å². The van der Waals surface area contributed by atoms with Crippen LogP contribution in [0.4, 0.5) is 5.69 Å². The van der Waals surface area contributed by atoms with Crippen molar-refractivity contribution in [3.05, 3.63) is 41.1 Å². The number of amides is 1. The number of carbonyl (C=O) groups is 1. The van der Waals surface area contributed by atoms with E-state index in [1.165, 1.54) is 0 Å². The number of likely N-dealkylation sites (tertiary alicyclic amines) is 1. The van der Waals surface area contributed by atoms with Crippen molar-refractivity contribution < 1.29 is 4.79 Å². The van der Waals surface area contributed by atoms with Gasteiger partial charge >= 0.3 is 0 Å². The lowest BCUT2D eigenvalue weighted by Crippen LogP contribution is -2.61. The Bertz CT molecular complexity index is 715. The minimum atomic E-state index is -0.475. The van der Waals surface area contributed by atoms with Crippen molar-refractivity contribution >= 4 is 23.2 Å². The van der Waals surface area contributed by atoms with E-state index >= 15 is 0 Å². The van der Waals surface area contributed by atoms with E-state index in [-0.39, 0.29) is 22.7 Å². The van der Waals surface area contributed by atoms with E-state index in [1.54, 1.807) is 30.5 Å². The zero-order valence-electron chi connectivity index (χ0n) is 15.1. The molecule has 0 aliphatic carbocycles. The molecule has 3 N–H and O–H groups in total. The molecule has 1 heterocycles. The second kappa shape index (κ2) is 7.07. The Balaban J connectivity index is 2.31. The Kier molecular flexibility index (Phi) is 5.46. The molecule has 0 atom stereocenters. The molecule has 0 spiro atoms. The molecule has 1 amide bonds. The molecule has 5 nitrogen and oxygen atoms in total. The lowest BCUT2D eigenvalue weighted by atomic mass is 9.77. The molecule has 1 saturated heterocycles. The first-order valence-corrected chi connectivity index (χ1v) is 8.67. The van der Waals surface area contributed by atoms with Crippen molar-refractivity contribution in [1.29, 1.82) is 5.26 Å². The number of hydrogen-bond acceptors (Lipinski definition) is 4. The van der Waals surface area contributed by atoms with E-state index < -0.39 is 5.91 Å². The third-order valence-corrected chi connectivity index (χ3v) is 4.90. The lowest BCUT2D eigenvalue weighted by Gasteiger charge is -2.54. The normalized spacial score (nSPS) is 20.0. The summed E-state index contributed by atoms with van der Waals surface area (Å²) in [4.78, 5) is 14.6. The fraction of sp³-hybridized carbons (Fsp3) is 0.474. The van der Waals surface area contributed by atoms with E-state index in [2.05, 4.69) is 37.9 Å². The summed E-state index contributed by atoms with van der Waals surface area (Å²) >= 11 is 6.07. The monoisotopic (exact) mass is 360 g/mol. The lowest BCUT2D eigenvalue weighted by molar-refractivity contribution is -0.112.